The van der Waals surface area contributed by atoms with Crippen molar-refractivity contribution in [1.29, 1.82) is 0 Å². The Balaban J connectivity index is 2.06. The molecule has 0 radical (unpaired) electrons. The third kappa shape index (κ3) is 5.39. The van der Waals surface area contributed by atoms with E-state index in [9.17, 15) is 0 Å². The molecule has 0 amide bonds. The molecule has 6 heteroatoms. The summed E-state index contributed by atoms with van der Waals surface area (Å²) in [6.45, 7) is 0.544. The molecular formula is C19H26N4O2. The Hall–Kier alpha value is -2.73. The summed E-state index contributed by atoms with van der Waals surface area (Å²) in [7, 11) is 7.34. The summed E-state index contributed by atoms with van der Waals surface area (Å²) in [5.41, 5.74) is 8.02. The van der Waals surface area contributed by atoms with Gasteiger partial charge in [-0.05, 0) is 43.9 Å². The van der Waals surface area contributed by atoms with E-state index in [1.807, 2.05) is 62.6 Å². The zero-order chi connectivity index (χ0) is 18.2. The minimum Gasteiger partial charge on any atom is -0.497 e. The highest BCUT2D eigenvalue weighted by Crippen LogP contribution is 2.22. The van der Waals surface area contributed by atoms with Crippen LogP contribution in [0.1, 0.15) is 11.6 Å². The summed E-state index contributed by atoms with van der Waals surface area (Å²) in [6, 6.07) is 15.7. The molecule has 2 aromatic rings. The molecule has 0 saturated carbocycles. The smallest absolute Gasteiger partial charge is 0.193 e. The Morgan fingerprint density at radius 2 is 1.76 bits per heavy atom. The molecule has 0 aliphatic carbocycles. The molecule has 0 aliphatic heterocycles. The molecule has 134 valence electrons. The van der Waals surface area contributed by atoms with Crippen molar-refractivity contribution < 1.29 is 9.47 Å². The van der Waals surface area contributed by atoms with Gasteiger partial charge in [0.25, 0.3) is 0 Å². The third-order valence-electron chi connectivity index (χ3n) is 3.90. The first-order chi connectivity index (χ1) is 12.0. The van der Waals surface area contributed by atoms with Gasteiger partial charge in [-0.2, -0.15) is 0 Å². The van der Waals surface area contributed by atoms with Gasteiger partial charge < -0.3 is 25.4 Å². The fourth-order valence-electron chi connectivity index (χ4n) is 2.47. The molecule has 25 heavy (non-hydrogen) atoms. The van der Waals surface area contributed by atoms with Crippen molar-refractivity contribution in [2.75, 3.05) is 40.2 Å². The number of methoxy groups -OCH3 is 2. The van der Waals surface area contributed by atoms with Gasteiger partial charge in [0.05, 0.1) is 26.8 Å². The zero-order valence-electron chi connectivity index (χ0n) is 15.2. The maximum absolute atomic E-state index is 6.03. The second-order valence-electron chi connectivity index (χ2n) is 5.84. The number of guanidine groups is 1. The molecule has 0 aromatic heterocycles. The number of nitrogens with one attached hydrogen (secondary N) is 1. The van der Waals surface area contributed by atoms with Crippen LogP contribution in [0.2, 0.25) is 0 Å². The van der Waals surface area contributed by atoms with E-state index in [-0.39, 0.29) is 6.04 Å². The van der Waals surface area contributed by atoms with E-state index in [1.165, 1.54) is 0 Å². The largest absolute Gasteiger partial charge is 0.497 e. The molecule has 0 fully saturated rings. The van der Waals surface area contributed by atoms with Crippen molar-refractivity contribution in [3.05, 3.63) is 54.1 Å². The normalized spacial score (nSPS) is 12.8. The average Bonchev–Trinajstić information content (AvgIpc) is 2.62. The molecule has 2 rings (SSSR count). The Labute approximate surface area is 149 Å². The predicted molar refractivity (Wildman–Crippen MR) is 103 cm³/mol. The maximum Gasteiger partial charge on any atom is 0.193 e. The average molecular weight is 342 g/mol. The van der Waals surface area contributed by atoms with Gasteiger partial charge in [-0.15, -0.1) is 0 Å². The quantitative estimate of drug-likeness (QED) is 0.598. The highest BCUT2D eigenvalue weighted by atomic mass is 16.5. The first-order valence-electron chi connectivity index (χ1n) is 8.05. The maximum atomic E-state index is 6.03. The summed E-state index contributed by atoms with van der Waals surface area (Å²) in [4.78, 5) is 6.60. The molecule has 0 bridgehead atoms. The van der Waals surface area contributed by atoms with Crippen molar-refractivity contribution in [2.24, 2.45) is 10.7 Å². The third-order valence-corrected chi connectivity index (χ3v) is 3.90. The second-order valence-corrected chi connectivity index (χ2v) is 5.84. The highest BCUT2D eigenvalue weighted by Gasteiger charge is 2.14. The van der Waals surface area contributed by atoms with E-state index in [2.05, 4.69) is 15.2 Å². The minimum atomic E-state index is 0.122. The van der Waals surface area contributed by atoms with Crippen LogP contribution in [0.25, 0.3) is 0 Å². The van der Waals surface area contributed by atoms with Crippen molar-refractivity contribution in [1.82, 2.24) is 4.90 Å². The van der Waals surface area contributed by atoms with Crippen molar-refractivity contribution in [2.45, 2.75) is 6.04 Å². The van der Waals surface area contributed by atoms with Gasteiger partial charge in [0.1, 0.15) is 11.5 Å². The van der Waals surface area contributed by atoms with Crippen LogP contribution in [0.5, 0.6) is 11.5 Å². The Bertz CT molecular complexity index is 699. The second kappa shape index (κ2) is 8.94. The number of nitrogens with zero attached hydrogens (tertiary/aromatic N) is 2. The number of hydrogen-bond donors (Lipinski definition) is 2. The lowest BCUT2D eigenvalue weighted by Gasteiger charge is -2.23. The van der Waals surface area contributed by atoms with Gasteiger partial charge >= 0.3 is 0 Å². The van der Waals surface area contributed by atoms with Crippen LogP contribution in [0, 0.1) is 0 Å². The van der Waals surface area contributed by atoms with Gasteiger partial charge in [-0.3, -0.25) is 4.99 Å². The van der Waals surface area contributed by atoms with Crippen LogP contribution in [-0.2, 0) is 0 Å². The van der Waals surface area contributed by atoms with E-state index in [0.717, 1.165) is 22.7 Å². The van der Waals surface area contributed by atoms with Crippen molar-refractivity contribution in [3.63, 3.8) is 0 Å². The summed E-state index contributed by atoms with van der Waals surface area (Å²) in [6.07, 6.45) is 0. The molecule has 0 spiro atoms. The van der Waals surface area contributed by atoms with E-state index in [0.29, 0.717) is 12.5 Å². The van der Waals surface area contributed by atoms with Gasteiger partial charge in [-0.25, -0.2) is 0 Å². The van der Waals surface area contributed by atoms with Gasteiger partial charge in [0.2, 0.25) is 0 Å². The van der Waals surface area contributed by atoms with Crippen LogP contribution in [-0.4, -0.2) is 45.7 Å². The molecule has 0 heterocycles. The fourth-order valence-corrected chi connectivity index (χ4v) is 2.47. The van der Waals surface area contributed by atoms with Gasteiger partial charge in [0.15, 0.2) is 5.96 Å². The molecule has 2 aromatic carbocycles. The van der Waals surface area contributed by atoms with Crippen molar-refractivity contribution in [3.8, 4) is 11.5 Å². The van der Waals surface area contributed by atoms with Crippen molar-refractivity contribution >= 4 is 11.6 Å². The van der Waals surface area contributed by atoms with Crippen LogP contribution in [0.4, 0.5) is 5.69 Å². The number of anilines is 1. The Morgan fingerprint density at radius 1 is 1.08 bits per heavy atom. The first kappa shape index (κ1) is 18.6. The van der Waals surface area contributed by atoms with E-state index in [1.54, 1.807) is 14.2 Å². The van der Waals surface area contributed by atoms with E-state index >= 15 is 0 Å². The monoisotopic (exact) mass is 342 g/mol. The highest BCUT2D eigenvalue weighted by molar-refractivity contribution is 5.92. The summed E-state index contributed by atoms with van der Waals surface area (Å²) < 4.78 is 10.4. The predicted octanol–water partition coefficient (Wildman–Crippen LogP) is 2.73. The molecule has 1 atom stereocenters. The lowest BCUT2D eigenvalue weighted by molar-refractivity contribution is 0.306. The number of rotatable bonds is 7. The lowest BCUT2D eigenvalue weighted by Crippen LogP contribution is -2.27. The number of likely N-dealkylation sites (N-methyl/N-ethyl adjacent to an activating group) is 1. The van der Waals surface area contributed by atoms with Gasteiger partial charge in [0, 0.05) is 11.8 Å². The van der Waals surface area contributed by atoms with Gasteiger partial charge in [-0.1, -0.05) is 18.2 Å². The van der Waals surface area contributed by atoms with E-state index in [4.69, 9.17) is 15.2 Å². The molecule has 0 aliphatic rings. The number of hydrogen-bond acceptors (Lipinski definition) is 4. The topological polar surface area (TPSA) is 72.1 Å². The number of aliphatic imine (C=N–C) groups is 1. The summed E-state index contributed by atoms with van der Waals surface area (Å²) in [5.74, 6) is 1.97. The zero-order valence-corrected chi connectivity index (χ0v) is 15.2. The lowest BCUT2D eigenvalue weighted by atomic mass is 10.1. The summed E-state index contributed by atoms with van der Waals surface area (Å²) in [5, 5.41) is 3.09. The molecule has 1 unspecified atom stereocenters. The molecular weight excluding hydrogens is 316 g/mol. The van der Waals surface area contributed by atoms with Crippen LogP contribution >= 0.6 is 0 Å². The molecule has 0 saturated heterocycles. The Morgan fingerprint density at radius 3 is 2.36 bits per heavy atom. The molecule has 3 N–H and O–H groups in total. The molecule has 6 nitrogen and oxygen atoms in total. The van der Waals surface area contributed by atoms with Crippen LogP contribution in [0.15, 0.2) is 53.5 Å². The fraction of sp³-hybridized carbons (Fsp3) is 0.316. The first-order valence-corrected chi connectivity index (χ1v) is 8.05. The number of ether oxygens (including phenoxy) is 2. The standard InChI is InChI=1S/C19H26N4O2/c1-23(2)18(14-8-10-16(24-3)11-9-14)13-21-19(20)22-15-6-5-7-17(12-15)25-4/h5-12,18H,13H2,1-4H3,(H3,20,21,22). The SMILES string of the molecule is COc1ccc(C(CN=C(N)Nc2cccc(OC)c2)N(C)C)cc1. The van der Waals surface area contributed by atoms with Crippen LogP contribution in [0.3, 0.4) is 0 Å². The van der Waals surface area contributed by atoms with E-state index < -0.39 is 0 Å². The van der Waals surface area contributed by atoms with Crippen LogP contribution < -0.4 is 20.5 Å². The summed E-state index contributed by atoms with van der Waals surface area (Å²) >= 11 is 0. The minimum absolute atomic E-state index is 0.122. The number of benzene rings is 2. The number of nitrogens with two attached hydrogens (primary N) is 1. The Kier molecular flexibility index (Phi) is 6.65.